The number of rotatable bonds is 7. The lowest BCUT2D eigenvalue weighted by atomic mass is 9.96. The average molecular weight is 264 g/mol. The van der Waals surface area contributed by atoms with E-state index in [4.69, 9.17) is 10.5 Å². The number of aryl methyl sites for hydroxylation is 1. The van der Waals surface area contributed by atoms with Gasteiger partial charge in [0.15, 0.2) is 0 Å². The van der Waals surface area contributed by atoms with Gasteiger partial charge in [-0.05, 0) is 54.6 Å². The molecular weight excluding hydrogens is 236 g/mol. The van der Waals surface area contributed by atoms with Crippen LogP contribution in [0.2, 0.25) is 0 Å². The zero-order valence-corrected chi connectivity index (χ0v) is 12.9. The molecule has 1 atom stereocenters. The number of ether oxygens (including phenoxy) is 1. The Balaban J connectivity index is 2.80. The third-order valence-corrected chi connectivity index (χ3v) is 3.52. The molecule has 0 bridgehead atoms. The Morgan fingerprint density at radius 3 is 2.47 bits per heavy atom. The summed E-state index contributed by atoms with van der Waals surface area (Å²) in [5.41, 5.74) is 9.52. The lowest BCUT2D eigenvalue weighted by Gasteiger charge is -2.17. The summed E-state index contributed by atoms with van der Waals surface area (Å²) < 4.78 is 5.47. The van der Waals surface area contributed by atoms with Crippen molar-refractivity contribution in [3.8, 4) is 5.75 Å². The maximum absolute atomic E-state index is 5.63. The quantitative estimate of drug-likeness (QED) is 0.796. The second-order valence-electron chi connectivity index (χ2n) is 5.65. The van der Waals surface area contributed by atoms with Crippen LogP contribution in [0.15, 0.2) is 12.1 Å². The molecule has 3 heteroatoms. The van der Waals surface area contributed by atoms with Crippen LogP contribution in [-0.2, 0) is 6.54 Å². The lowest BCUT2D eigenvalue weighted by Crippen LogP contribution is -2.26. The van der Waals surface area contributed by atoms with Crippen molar-refractivity contribution in [3.05, 3.63) is 28.8 Å². The third kappa shape index (κ3) is 4.51. The van der Waals surface area contributed by atoms with Crippen molar-refractivity contribution in [3.63, 3.8) is 0 Å². The number of nitrogens with two attached hydrogens (primary N) is 1. The van der Waals surface area contributed by atoms with Crippen molar-refractivity contribution in [1.82, 2.24) is 5.32 Å². The fraction of sp³-hybridized carbons (Fsp3) is 0.625. The molecule has 0 spiro atoms. The van der Waals surface area contributed by atoms with Crippen molar-refractivity contribution < 1.29 is 4.74 Å². The number of methoxy groups -OCH3 is 1. The van der Waals surface area contributed by atoms with Gasteiger partial charge in [0.25, 0.3) is 0 Å². The number of hydrogen-bond donors (Lipinski definition) is 2. The lowest BCUT2D eigenvalue weighted by molar-refractivity contribution is 0.407. The summed E-state index contributed by atoms with van der Waals surface area (Å²) in [5.74, 6) is 1.98. The molecule has 0 fully saturated rings. The van der Waals surface area contributed by atoms with E-state index in [-0.39, 0.29) is 0 Å². The van der Waals surface area contributed by atoms with E-state index in [9.17, 15) is 0 Å². The smallest absolute Gasteiger partial charge is 0.122 e. The minimum atomic E-state index is 0.470. The van der Waals surface area contributed by atoms with Crippen LogP contribution in [0.3, 0.4) is 0 Å². The van der Waals surface area contributed by atoms with Gasteiger partial charge in [-0.25, -0.2) is 0 Å². The van der Waals surface area contributed by atoms with Gasteiger partial charge < -0.3 is 15.8 Å². The summed E-state index contributed by atoms with van der Waals surface area (Å²) >= 11 is 0. The van der Waals surface area contributed by atoms with E-state index in [0.717, 1.165) is 25.4 Å². The van der Waals surface area contributed by atoms with E-state index in [1.165, 1.54) is 16.7 Å². The second kappa shape index (κ2) is 7.51. The van der Waals surface area contributed by atoms with E-state index < -0.39 is 0 Å². The molecule has 1 unspecified atom stereocenters. The molecule has 0 amide bonds. The number of nitrogens with one attached hydrogen (secondary N) is 1. The van der Waals surface area contributed by atoms with Crippen LogP contribution >= 0.6 is 0 Å². The molecule has 0 radical (unpaired) electrons. The monoisotopic (exact) mass is 264 g/mol. The topological polar surface area (TPSA) is 47.3 Å². The highest BCUT2D eigenvalue weighted by Gasteiger charge is 2.11. The second-order valence-corrected chi connectivity index (χ2v) is 5.65. The Kier molecular flexibility index (Phi) is 6.32. The highest BCUT2D eigenvalue weighted by atomic mass is 16.5. The van der Waals surface area contributed by atoms with Gasteiger partial charge in [0, 0.05) is 6.54 Å². The van der Waals surface area contributed by atoms with Crippen LogP contribution in [0.25, 0.3) is 0 Å². The largest absolute Gasteiger partial charge is 0.496 e. The summed E-state index contributed by atoms with van der Waals surface area (Å²) in [5, 5.41) is 3.48. The normalized spacial score (nSPS) is 12.8. The van der Waals surface area contributed by atoms with Crippen LogP contribution in [0.5, 0.6) is 5.75 Å². The summed E-state index contributed by atoms with van der Waals surface area (Å²) in [7, 11) is 1.74. The van der Waals surface area contributed by atoms with E-state index in [1.54, 1.807) is 7.11 Å². The molecule has 3 nitrogen and oxygen atoms in total. The van der Waals surface area contributed by atoms with Crippen LogP contribution < -0.4 is 15.8 Å². The van der Waals surface area contributed by atoms with E-state index >= 15 is 0 Å². The van der Waals surface area contributed by atoms with Gasteiger partial charge in [0.2, 0.25) is 0 Å². The molecule has 19 heavy (non-hydrogen) atoms. The Morgan fingerprint density at radius 2 is 1.95 bits per heavy atom. The van der Waals surface area contributed by atoms with Gasteiger partial charge in [-0.3, -0.25) is 0 Å². The van der Waals surface area contributed by atoms with Gasteiger partial charge in [-0.1, -0.05) is 26.8 Å². The first-order valence-corrected chi connectivity index (χ1v) is 7.07. The summed E-state index contributed by atoms with van der Waals surface area (Å²) in [6.07, 6.45) is 0. The van der Waals surface area contributed by atoms with E-state index in [1.807, 2.05) is 0 Å². The molecule has 0 saturated carbocycles. The van der Waals surface area contributed by atoms with Crippen molar-refractivity contribution in [2.24, 2.45) is 11.7 Å². The molecule has 0 aliphatic heterocycles. The fourth-order valence-electron chi connectivity index (χ4n) is 2.10. The number of benzene rings is 1. The first-order valence-electron chi connectivity index (χ1n) is 7.07. The zero-order valence-electron chi connectivity index (χ0n) is 12.9. The molecule has 0 saturated heterocycles. The molecule has 3 N–H and O–H groups in total. The molecule has 0 aliphatic rings. The Hall–Kier alpha value is -1.06. The maximum Gasteiger partial charge on any atom is 0.122 e. The molecule has 0 aromatic heterocycles. The average Bonchev–Trinajstić information content (AvgIpc) is 2.39. The van der Waals surface area contributed by atoms with Crippen molar-refractivity contribution in [2.45, 2.75) is 40.2 Å². The summed E-state index contributed by atoms with van der Waals surface area (Å²) in [4.78, 5) is 0. The van der Waals surface area contributed by atoms with Crippen LogP contribution in [-0.4, -0.2) is 20.2 Å². The molecule has 1 aromatic carbocycles. The SMILES string of the molecule is COc1cc(C)c(CNCC(C)CN)cc1C(C)C. The predicted octanol–water partition coefficient (Wildman–Crippen LogP) is 2.81. The molecule has 0 aliphatic carbocycles. The van der Waals surface area contributed by atoms with Gasteiger partial charge in [-0.2, -0.15) is 0 Å². The first-order chi connectivity index (χ1) is 8.99. The van der Waals surface area contributed by atoms with Gasteiger partial charge in [0.1, 0.15) is 5.75 Å². The fourth-order valence-corrected chi connectivity index (χ4v) is 2.10. The molecule has 1 aromatic rings. The van der Waals surface area contributed by atoms with Crippen LogP contribution in [0.1, 0.15) is 43.4 Å². The maximum atomic E-state index is 5.63. The number of hydrogen-bond acceptors (Lipinski definition) is 3. The third-order valence-electron chi connectivity index (χ3n) is 3.52. The van der Waals surface area contributed by atoms with Crippen LogP contribution in [0.4, 0.5) is 0 Å². The first kappa shape index (κ1) is 16.0. The predicted molar refractivity (Wildman–Crippen MR) is 81.7 cm³/mol. The Bertz CT molecular complexity index is 402. The highest BCUT2D eigenvalue weighted by Crippen LogP contribution is 2.29. The summed E-state index contributed by atoms with van der Waals surface area (Å²) in [6.45, 7) is 11.3. The molecular formula is C16H28N2O. The molecule has 108 valence electrons. The van der Waals surface area contributed by atoms with Gasteiger partial charge in [-0.15, -0.1) is 0 Å². The van der Waals surface area contributed by atoms with Gasteiger partial charge >= 0.3 is 0 Å². The Morgan fingerprint density at radius 1 is 1.26 bits per heavy atom. The van der Waals surface area contributed by atoms with Crippen molar-refractivity contribution in [2.75, 3.05) is 20.2 Å². The highest BCUT2D eigenvalue weighted by molar-refractivity contribution is 5.43. The van der Waals surface area contributed by atoms with E-state index in [2.05, 4.69) is 45.1 Å². The van der Waals surface area contributed by atoms with E-state index in [0.29, 0.717) is 11.8 Å². The zero-order chi connectivity index (χ0) is 14.4. The molecule has 0 heterocycles. The standard InChI is InChI=1S/C16H28N2O/c1-11(2)15-7-14(10-18-9-12(3)8-17)13(4)6-16(15)19-5/h6-7,11-12,18H,8-10,17H2,1-5H3. The molecule has 1 rings (SSSR count). The minimum absolute atomic E-state index is 0.470. The van der Waals surface area contributed by atoms with Crippen molar-refractivity contribution in [1.29, 1.82) is 0 Å². The van der Waals surface area contributed by atoms with Crippen LogP contribution in [0, 0.1) is 12.8 Å². The Labute approximate surface area is 117 Å². The van der Waals surface area contributed by atoms with Crippen molar-refractivity contribution >= 4 is 0 Å². The minimum Gasteiger partial charge on any atom is -0.496 e. The van der Waals surface area contributed by atoms with Gasteiger partial charge in [0.05, 0.1) is 7.11 Å². The summed E-state index contributed by atoms with van der Waals surface area (Å²) in [6, 6.07) is 4.40.